The second-order valence-corrected chi connectivity index (χ2v) is 7.46. The van der Waals surface area contributed by atoms with Crippen molar-refractivity contribution in [3.05, 3.63) is 51.7 Å². The van der Waals surface area contributed by atoms with Gasteiger partial charge in [-0.05, 0) is 30.5 Å². The van der Waals surface area contributed by atoms with Crippen LogP contribution in [0.25, 0.3) is 0 Å². The number of Topliss-reactive ketones (excluding diaryl/α,β-unsaturated/α-hetero) is 1. The molecule has 29 heavy (non-hydrogen) atoms. The molecule has 7 nitrogen and oxygen atoms in total. The maximum absolute atomic E-state index is 12.1. The van der Waals surface area contributed by atoms with Gasteiger partial charge in [0, 0.05) is 19.4 Å². The summed E-state index contributed by atoms with van der Waals surface area (Å²) in [5, 5.41) is 7.31. The Morgan fingerprint density at radius 3 is 2.52 bits per heavy atom. The molecule has 1 aromatic carbocycles. The van der Waals surface area contributed by atoms with Crippen LogP contribution in [0, 0.1) is 0 Å². The highest BCUT2D eigenvalue weighted by molar-refractivity contribution is 7.12. The molecular formula is C20H21ClN2O5S. The van der Waals surface area contributed by atoms with Crippen molar-refractivity contribution in [3.8, 4) is 0 Å². The Labute approximate surface area is 177 Å². The van der Waals surface area contributed by atoms with Gasteiger partial charge in [0.05, 0.1) is 22.0 Å². The first-order valence-corrected chi connectivity index (χ1v) is 10.2. The van der Waals surface area contributed by atoms with Crippen LogP contribution in [0.1, 0.15) is 35.9 Å². The predicted molar refractivity (Wildman–Crippen MR) is 111 cm³/mol. The third-order valence-electron chi connectivity index (χ3n) is 3.84. The highest BCUT2D eigenvalue weighted by Gasteiger charge is 2.19. The maximum Gasteiger partial charge on any atom is 0.308 e. The quantitative estimate of drug-likeness (QED) is 0.438. The number of hydrogen-bond acceptors (Lipinski definition) is 6. The van der Waals surface area contributed by atoms with E-state index >= 15 is 0 Å². The van der Waals surface area contributed by atoms with Gasteiger partial charge < -0.3 is 15.4 Å². The van der Waals surface area contributed by atoms with Crippen LogP contribution in [0.15, 0.2) is 41.8 Å². The van der Waals surface area contributed by atoms with Crippen molar-refractivity contribution < 1.29 is 23.9 Å². The van der Waals surface area contributed by atoms with Crippen LogP contribution in [0.4, 0.5) is 5.69 Å². The fourth-order valence-electron chi connectivity index (χ4n) is 2.29. The van der Waals surface area contributed by atoms with E-state index in [0.717, 1.165) is 0 Å². The third kappa shape index (κ3) is 7.67. The van der Waals surface area contributed by atoms with Crippen molar-refractivity contribution in [1.29, 1.82) is 0 Å². The van der Waals surface area contributed by atoms with E-state index in [-0.39, 0.29) is 37.5 Å². The van der Waals surface area contributed by atoms with Gasteiger partial charge in [-0.25, -0.2) is 0 Å². The van der Waals surface area contributed by atoms with E-state index in [4.69, 9.17) is 16.3 Å². The molecular weight excluding hydrogens is 416 g/mol. The Hall–Kier alpha value is -2.71. The molecule has 0 aliphatic carbocycles. The van der Waals surface area contributed by atoms with Crippen molar-refractivity contribution >= 4 is 52.2 Å². The third-order valence-corrected chi connectivity index (χ3v) is 5.08. The lowest BCUT2D eigenvalue weighted by Crippen LogP contribution is -2.32. The van der Waals surface area contributed by atoms with E-state index in [9.17, 15) is 19.2 Å². The van der Waals surface area contributed by atoms with E-state index in [0.29, 0.717) is 15.6 Å². The van der Waals surface area contributed by atoms with Crippen LogP contribution in [-0.2, 0) is 19.1 Å². The van der Waals surface area contributed by atoms with Gasteiger partial charge in [0.25, 0.3) is 5.91 Å². The largest absolute Gasteiger partial charge is 0.452 e. The highest BCUT2D eigenvalue weighted by Crippen LogP contribution is 2.20. The summed E-state index contributed by atoms with van der Waals surface area (Å²) >= 11 is 7.30. The smallest absolute Gasteiger partial charge is 0.308 e. The number of anilines is 1. The monoisotopic (exact) mass is 436 g/mol. The van der Waals surface area contributed by atoms with Gasteiger partial charge >= 0.3 is 5.97 Å². The van der Waals surface area contributed by atoms with E-state index < -0.39 is 18.0 Å². The van der Waals surface area contributed by atoms with Gasteiger partial charge in [0.15, 0.2) is 11.9 Å². The SMILES string of the molecule is CC(OC(=O)CCNC(=O)CCC(=O)c1cccs1)C(=O)Nc1ccccc1Cl. The van der Waals surface area contributed by atoms with Crippen LogP contribution in [0.2, 0.25) is 5.02 Å². The molecule has 2 N–H and O–H groups in total. The molecule has 0 saturated carbocycles. The maximum atomic E-state index is 12.1. The molecule has 0 aliphatic heterocycles. The number of benzene rings is 1. The topological polar surface area (TPSA) is 102 Å². The molecule has 9 heteroatoms. The lowest BCUT2D eigenvalue weighted by Gasteiger charge is -2.14. The van der Waals surface area contributed by atoms with Gasteiger partial charge in [-0.1, -0.05) is 29.8 Å². The first kappa shape index (κ1) is 22.6. The van der Waals surface area contributed by atoms with Crippen LogP contribution in [0.3, 0.4) is 0 Å². The Morgan fingerprint density at radius 2 is 1.83 bits per heavy atom. The summed E-state index contributed by atoms with van der Waals surface area (Å²) < 4.78 is 5.06. The Balaban J connectivity index is 1.64. The van der Waals surface area contributed by atoms with Gasteiger partial charge in [-0.3, -0.25) is 19.2 Å². The van der Waals surface area contributed by atoms with Crippen molar-refractivity contribution in [2.24, 2.45) is 0 Å². The predicted octanol–water partition coefficient (Wildman–Crippen LogP) is 3.44. The van der Waals surface area contributed by atoms with Crippen LogP contribution in [-0.4, -0.2) is 36.2 Å². The minimum atomic E-state index is -1.02. The van der Waals surface area contributed by atoms with E-state index in [1.54, 1.807) is 41.8 Å². The average Bonchev–Trinajstić information content (AvgIpc) is 3.22. The molecule has 2 rings (SSSR count). The number of carbonyl (C=O) groups excluding carboxylic acids is 4. The van der Waals surface area contributed by atoms with E-state index in [1.807, 2.05) is 0 Å². The molecule has 0 radical (unpaired) electrons. The molecule has 1 unspecified atom stereocenters. The van der Waals surface area contributed by atoms with Crippen LogP contribution < -0.4 is 10.6 Å². The molecule has 154 valence electrons. The number of rotatable bonds is 10. The zero-order chi connectivity index (χ0) is 21.2. The van der Waals surface area contributed by atoms with E-state index in [1.165, 1.54) is 18.3 Å². The number of hydrogen-bond donors (Lipinski definition) is 2. The normalized spacial score (nSPS) is 11.4. The molecule has 2 aromatic rings. The van der Waals surface area contributed by atoms with Crippen LogP contribution in [0.5, 0.6) is 0 Å². The second-order valence-electron chi connectivity index (χ2n) is 6.10. The number of thiophene rings is 1. The first-order chi connectivity index (χ1) is 13.9. The number of para-hydroxylation sites is 1. The number of halogens is 1. The fraction of sp³-hybridized carbons (Fsp3) is 0.300. The summed E-state index contributed by atoms with van der Waals surface area (Å²) in [6.45, 7) is 1.50. The van der Waals surface area contributed by atoms with Crippen molar-refractivity contribution in [1.82, 2.24) is 5.32 Å². The fourth-order valence-corrected chi connectivity index (χ4v) is 3.16. The average molecular weight is 437 g/mol. The van der Waals surface area contributed by atoms with Crippen LogP contribution >= 0.6 is 22.9 Å². The molecule has 0 saturated heterocycles. The molecule has 2 amide bonds. The molecule has 1 heterocycles. The van der Waals surface area contributed by atoms with Gasteiger partial charge in [-0.15, -0.1) is 11.3 Å². The molecule has 0 fully saturated rings. The second kappa shape index (κ2) is 11.3. The van der Waals surface area contributed by atoms with Gasteiger partial charge in [0.2, 0.25) is 5.91 Å². The number of esters is 1. The standard InChI is InChI=1S/C20H21ClN2O5S/c1-13(20(27)23-15-6-3-2-5-14(15)21)28-19(26)10-11-22-18(25)9-8-16(24)17-7-4-12-29-17/h2-7,12-13H,8-11H2,1H3,(H,22,25)(H,23,27). The van der Waals surface area contributed by atoms with Gasteiger partial charge in [0.1, 0.15) is 0 Å². The minimum absolute atomic E-state index is 0.0441. The van der Waals surface area contributed by atoms with Crippen molar-refractivity contribution in [2.75, 3.05) is 11.9 Å². The number of nitrogens with one attached hydrogen (secondary N) is 2. The molecule has 0 aliphatic rings. The summed E-state index contributed by atoms with van der Waals surface area (Å²) in [6.07, 6.45) is -0.954. The number of carbonyl (C=O) groups is 4. The van der Waals surface area contributed by atoms with Crippen molar-refractivity contribution in [2.45, 2.75) is 32.3 Å². The zero-order valence-electron chi connectivity index (χ0n) is 15.8. The molecule has 0 bridgehead atoms. The molecule has 1 atom stereocenters. The summed E-state index contributed by atoms with van der Waals surface area (Å²) in [7, 11) is 0. The highest BCUT2D eigenvalue weighted by atomic mass is 35.5. The Morgan fingerprint density at radius 1 is 1.07 bits per heavy atom. The minimum Gasteiger partial charge on any atom is -0.452 e. The number of ether oxygens (including phenoxy) is 1. The lowest BCUT2D eigenvalue weighted by molar-refractivity contribution is -0.153. The summed E-state index contributed by atoms with van der Waals surface area (Å²) in [4.78, 5) is 48.2. The summed E-state index contributed by atoms with van der Waals surface area (Å²) in [6, 6.07) is 10.2. The Bertz CT molecular complexity index is 870. The summed E-state index contributed by atoms with van der Waals surface area (Å²) in [5.74, 6) is -1.55. The van der Waals surface area contributed by atoms with E-state index in [2.05, 4.69) is 10.6 Å². The molecule has 0 spiro atoms. The molecule has 1 aromatic heterocycles. The number of amides is 2. The lowest BCUT2D eigenvalue weighted by atomic mass is 10.2. The first-order valence-electron chi connectivity index (χ1n) is 8.95. The van der Waals surface area contributed by atoms with Crippen molar-refractivity contribution in [3.63, 3.8) is 0 Å². The Kier molecular flexibility index (Phi) is 8.82. The zero-order valence-corrected chi connectivity index (χ0v) is 17.3. The van der Waals surface area contributed by atoms with Gasteiger partial charge in [-0.2, -0.15) is 0 Å². The number of ketones is 1. The summed E-state index contributed by atoms with van der Waals surface area (Å²) in [5.41, 5.74) is 0.423.